The highest BCUT2D eigenvalue weighted by molar-refractivity contribution is 5.84. The first kappa shape index (κ1) is 30.2. The molecule has 2 heterocycles. The Morgan fingerprint density at radius 2 is 1.13 bits per heavy atom. The number of aryl methyl sites for hydroxylation is 2. The van der Waals surface area contributed by atoms with E-state index in [1.165, 1.54) is 59.1 Å². The first-order valence-electron chi connectivity index (χ1n) is 17.3. The second-order valence-corrected chi connectivity index (χ2v) is 13.6. The molecule has 1 fully saturated rings. The second kappa shape index (κ2) is 13.2. The van der Waals surface area contributed by atoms with Crippen LogP contribution in [-0.2, 0) is 40.0 Å². The third-order valence-corrected chi connectivity index (χ3v) is 10.1. The van der Waals surface area contributed by atoms with Crippen LogP contribution in [-0.4, -0.2) is 32.4 Å². The van der Waals surface area contributed by atoms with Crippen LogP contribution in [0.5, 0.6) is 17.2 Å². The fourth-order valence-electron chi connectivity index (χ4n) is 7.51. The van der Waals surface area contributed by atoms with Crippen molar-refractivity contribution in [3.8, 4) is 39.5 Å². The van der Waals surface area contributed by atoms with Gasteiger partial charge in [0.05, 0.1) is 13.2 Å². The van der Waals surface area contributed by atoms with Gasteiger partial charge in [-0.15, -0.1) is 0 Å². The number of carbonyl (C=O) groups is 1. The molecule has 0 amide bonds. The van der Waals surface area contributed by atoms with Gasteiger partial charge in [0.2, 0.25) is 0 Å². The maximum Gasteiger partial charge on any atom is 0.321 e. The van der Waals surface area contributed by atoms with E-state index in [1.807, 2.05) is 36.4 Å². The van der Waals surface area contributed by atoms with Crippen molar-refractivity contribution in [2.75, 3.05) is 26.4 Å². The summed E-state index contributed by atoms with van der Waals surface area (Å²) in [6, 6.07) is 24.5. The third kappa shape index (κ3) is 6.17. The summed E-state index contributed by atoms with van der Waals surface area (Å²) in [5, 5.41) is 0. The Morgan fingerprint density at radius 3 is 1.68 bits per heavy atom. The van der Waals surface area contributed by atoms with Gasteiger partial charge in [0.15, 0.2) is 6.29 Å². The molecular weight excluding hydrogens is 588 g/mol. The highest BCUT2D eigenvalue weighted by Crippen LogP contribution is 2.47. The first-order chi connectivity index (χ1) is 23.1. The molecule has 0 bridgehead atoms. The minimum Gasteiger partial charge on any atom is -0.492 e. The van der Waals surface area contributed by atoms with Crippen LogP contribution in [0.25, 0.3) is 22.3 Å². The quantitative estimate of drug-likeness (QED) is 0.167. The highest BCUT2D eigenvalue weighted by atomic mass is 16.7. The van der Waals surface area contributed by atoms with Crippen LogP contribution in [0.15, 0.2) is 72.8 Å². The van der Waals surface area contributed by atoms with E-state index in [-0.39, 0.29) is 25.5 Å². The number of fused-ring (bicyclic) bond motifs is 7. The average Bonchev–Trinajstić information content (AvgIpc) is 3.20. The summed E-state index contributed by atoms with van der Waals surface area (Å²) >= 11 is 0. The lowest BCUT2D eigenvalue weighted by Gasteiger charge is -2.27. The number of hydrogen-bond acceptors (Lipinski definition) is 6. The standard InChI is InChI=1S/C41H42O6/c1-26-22-45-41(46-23-26)31-12-10-27(11-13-31)28-14-18-33(19-15-28)47-40(42)32-24-43-36-20-16-29-6-2-4-8-34(29)38(36)39-35-9-5-3-7-30(35)17-21-37(39)44-25-32/h10-21,26,32,41H,2-9,22-25H2,1H3. The van der Waals surface area contributed by atoms with Gasteiger partial charge in [-0.2, -0.15) is 0 Å². The minimum absolute atomic E-state index is 0.193. The second-order valence-electron chi connectivity index (χ2n) is 13.6. The van der Waals surface area contributed by atoms with E-state index in [2.05, 4.69) is 43.3 Å². The summed E-state index contributed by atoms with van der Waals surface area (Å²) in [5.74, 6) is 1.67. The highest BCUT2D eigenvalue weighted by Gasteiger charge is 2.31. The Bertz CT molecular complexity index is 1680. The van der Waals surface area contributed by atoms with Crippen molar-refractivity contribution in [3.63, 3.8) is 0 Å². The van der Waals surface area contributed by atoms with E-state index in [0.717, 1.165) is 53.9 Å². The topological polar surface area (TPSA) is 63.2 Å². The lowest BCUT2D eigenvalue weighted by molar-refractivity contribution is -0.202. The fourth-order valence-corrected chi connectivity index (χ4v) is 7.51. The minimum atomic E-state index is -0.583. The molecule has 0 atom stereocenters. The maximum absolute atomic E-state index is 13.6. The molecule has 2 aliphatic carbocycles. The molecule has 0 N–H and O–H groups in total. The van der Waals surface area contributed by atoms with Crippen LogP contribution in [0.4, 0.5) is 0 Å². The molecular formula is C41H42O6. The Kier molecular flexibility index (Phi) is 8.47. The molecule has 0 radical (unpaired) electrons. The average molecular weight is 631 g/mol. The van der Waals surface area contributed by atoms with Gasteiger partial charge >= 0.3 is 5.97 Å². The lowest BCUT2D eigenvalue weighted by atomic mass is 9.80. The van der Waals surface area contributed by atoms with Crippen LogP contribution in [0.2, 0.25) is 0 Å². The van der Waals surface area contributed by atoms with Crippen LogP contribution in [0.3, 0.4) is 0 Å². The summed E-state index contributed by atoms with van der Waals surface area (Å²) < 4.78 is 30.6. The van der Waals surface area contributed by atoms with Gasteiger partial charge in [-0.05, 0) is 109 Å². The molecule has 6 heteroatoms. The fraction of sp³-hybridized carbons (Fsp3) is 0.390. The summed E-state index contributed by atoms with van der Waals surface area (Å²) in [7, 11) is 0. The molecule has 242 valence electrons. The Morgan fingerprint density at radius 1 is 0.617 bits per heavy atom. The number of ether oxygens (including phenoxy) is 5. The van der Waals surface area contributed by atoms with Gasteiger partial charge in [0, 0.05) is 22.6 Å². The molecule has 0 aromatic heterocycles. The molecule has 0 unspecified atom stereocenters. The van der Waals surface area contributed by atoms with Crippen LogP contribution < -0.4 is 14.2 Å². The van der Waals surface area contributed by atoms with Crippen LogP contribution in [0.1, 0.15) is 66.7 Å². The first-order valence-corrected chi connectivity index (χ1v) is 17.3. The van der Waals surface area contributed by atoms with E-state index in [4.69, 9.17) is 23.7 Å². The number of carbonyl (C=O) groups excluding carboxylic acids is 1. The Balaban J connectivity index is 1.01. The zero-order valence-corrected chi connectivity index (χ0v) is 27.1. The van der Waals surface area contributed by atoms with E-state index in [0.29, 0.717) is 24.9 Å². The third-order valence-electron chi connectivity index (χ3n) is 10.1. The summed E-state index contributed by atoms with van der Waals surface area (Å²) in [6.07, 6.45) is 8.75. The van der Waals surface area contributed by atoms with Crippen molar-refractivity contribution in [1.29, 1.82) is 0 Å². The predicted molar refractivity (Wildman–Crippen MR) is 181 cm³/mol. The van der Waals surface area contributed by atoms with E-state index < -0.39 is 5.92 Å². The number of rotatable bonds is 4. The number of hydrogen-bond donors (Lipinski definition) is 0. The molecule has 8 rings (SSSR count). The molecule has 4 aromatic rings. The zero-order valence-electron chi connectivity index (χ0n) is 27.1. The van der Waals surface area contributed by atoms with E-state index >= 15 is 0 Å². The predicted octanol–water partition coefficient (Wildman–Crippen LogP) is 8.45. The van der Waals surface area contributed by atoms with Crippen molar-refractivity contribution < 1.29 is 28.5 Å². The number of esters is 1. The van der Waals surface area contributed by atoms with Gasteiger partial charge < -0.3 is 23.7 Å². The molecule has 4 aromatic carbocycles. The van der Waals surface area contributed by atoms with Gasteiger partial charge in [-0.1, -0.05) is 55.5 Å². The van der Waals surface area contributed by atoms with Crippen molar-refractivity contribution in [1.82, 2.24) is 0 Å². The zero-order chi connectivity index (χ0) is 31.7. The molecule has 6 nitrogen and oxygen atoms in total. The monoisotopic (exact) mass is 630 g/mol. The van der Waals surface area contributed by atoms with E-state index in [1.54, 1.807) is 0 Å². The van der Waals surface area contributed by atoms with Crippen molar-refractivity contribution in [3.05, 3.63) is 101 Å². The summed E-state index contributed by atoms with van der Waals surface area (Å²) in [4.78, 5) is 13.6. The molecule has 0 saturated carbocycles. The van der Waals surface area contributed by atoms with Crippen molar-refractivity contribution in [2.45, 2.75) is 64.6 Å². The Labute approximate surface area is 277 Å². The molecule has 4 aliphatic rings. The lowest BCUT2D eigenvalue weighted by Crippen LogP contribution is -2.31. The summed E-state index contributed by atoms with van der Waals surface area (Å²) in [6.45, 7) is 3.92. The summed E-state index contributed by atoms with van der Waals surface area (Å²) in [5.41, 5.74) is 11.1. The molecule has 47 heavy (non-hydrogen) atoms. The van der Waals surface area contributed by atoms with Crippen molar-refractivity contribution >= 4 is 5.97 Å². The molecule has 0 spiro atoms. The van der Waals surface area contributed by atoms with E-state index in [9.17, 15) is 4.79 Å². The SMILES string of the molecule is CC1COC(c2ccc(-c3ccc(OC(=O)C4COc5ccc6c(c5-c5c(ccc7c5CCCC7)OC4)CCCC6)cc3)cc2)OC1. The smallest absolute Gasteiger partial charge is 0.321 e. The normalized spacial score (nSPS) is 20.9. The van der Waals surface area contributed by atoms with Gasteiger partial charge in [0.1, 0.15) is 36.4 Å². The molecule has 2 aliphatic heterocycles. The van der Waals surface area contributed by atoms with Gasteiger partial charge in [0.25, 0.3) is 0 Å². The maximum atomic E-state index is 13.6. The van der Waals surface area contributed by atoms with Gasteiger partial charge in [-0.25, -0.2) is 0 Å². The Hall–Kier alpha value is -4.13. The van der Waals surface area contributed by atoms with Gasteiger partial charge in [-0.3, -0.25) is 4.79 Å². The van der Waals surface area contributed by atoms with Crippen LogP contribution >= 0.6 is 0 Å². The van der Waals surface area contributed by atoms with Crippen molar-refractivity contribution in [2.24, 2.45) is 11.8 Å². The van der Waals surface area contributed by atoms with Crippen LogP contribution in [0, 0.1) is 11.8 Å². The molecule has 1 saturated heterocycles. The number of benzene rings is 4. The largest absolute Gasteiger partial charge is 0.492 e.